The summed E-state index contributed by atoms with van der Waals surface area (Å²) in [5, 5.41) is 0. The lowest BCUT2D eigenvalue weighted by Gasteiger charge is -2.35. The lowest BCUT2D eigenvalue weighted by atomic mass is 9.98. The van der Waals surface area contributed by atoms with Crippen molar-refractivity contribution in [3.8, 4) is 11.5 Å². The highest BCUT2D eigenvalue weighted by Crippen LogP contribution is 2.33. The van der Waals surface area contributed by atoms with Crippen LogP contribution in [0.5, 0.6) is 11.5 Å². The molecule has 0 amide bonds. The summed E-state index contributed by atoms with van der Waals surface area (Å²) in [5.41, 5.74) is 2.89. The number of aromatic nitrogens is 2. The van der Waals surface area contributed by atoms with Crippen molar-refractivity contribution in [2.24, 2.45) is 0 Å². The zero-order chi connectivity index (χ0) is 27.6. The van der Waals surface area contributed by atoms with Gasteiger partial charge < -0.3 is 14.4 Å². The van der Waals surface area contributed by atoms with Crippen molar-refractivity contribution in [3.63, 3.8) is 0 Å². The highest BCUT2D eigenvalue weighted by Gasteiger charge is 2.30. The largest absolute Gasteiger partial charge is 0.493 e. The quantitative estimate of drug-likeness (QED) is 0.487. The van der Waals surface area contributed by atoms with Gasteiger partial charge in [-0.2, -0.15) is 13.2 Å². The maximum absolute atomic E-state index is 13.1. The summed E-state index contributed by atoms with van der Waals surface area (Å²) >= 11 is 0. The van der Waals surface area contributed by atoms with Gasteiger partial charge in [0.1, 0.15) is 0 Å². The summed E-state index contributed by atoms with van der Waals surface area (Å²) in [6.07, 6.45) is -3.49. The molecule has 0 atom stereocenters. The number of hydrogen-bond donors (Lipinski definition) is 1. The second-order valence-corrected chi connectivity index (χ2v) is 9.96. The molecule has 2 aliphatic heterocycles. The van der Waals surface area contributed by atoms with Crippen LogP contribution in [0, 0.1) is 0 Å². The van der Waals surface area contributed by atoms with Crippen LogP contribution in [0.3, 0.4) is 0 Å². The molecule has 39 heavy (non-hydrogen) atoms. The van der Waals surface area contributed by atoms with Gasteiger partial charge in [0.2, 0.25) is 5.95 Å². The Hall–Kier alpha value is -3.57. The summed E-state index contributed by atoms with van der Waals surface area (Å²) in [6, 6.07) is 11.0. The minimum absolute atomic E-state index is 0.204. The number of piperazine rings is 1. The Balaban J connectivity index is 1.21. The van der Waals surface area contributed by atoms with E-state index in [4.69, 9.17) is 14.5 Å². The average Bonchev–Trinajstić information content (AvgIpc) is 2.92. The van der Waals surface area contributed by atoms with Gasteiger partial charge in [0.25, 0.3) is 5.56 Å². The van der Waals surface area contributed by atoms with Crippen LogP contribution in [0.25, 0.3) is 0 Å². The molecule has 0 spiro atoms. The van der Waals surface area contributed by atoms with E-state index in [1.54, 1.807) is 20.3 Å². The van der Waals surface area contributed by atoms with Crippen LogP contribution >= 0.6 is 0 Å². The van der Waals surface area contributed by atoms with E-state index in [1.165, 1.54) is 29.3 Å². The van der Waals surface area contributed by atoms with Crippen molar-refractivity contribution in [1.82, 2.24) is 19.8 Å². The maximum atomic E-state index is 13.1. The molecule has 0 saturated carbocycles. The average molecular weight is 544 g/mol. The van der Waals surface area contributed by atoms with E-state index in [0.29, 0.717) is 68.8 Å². The van der Waals surface area contributed by atoms with E-state index in [1.807, 2.05) is 17.0 Å². The van der Waals surface area contributed by atoms with Gasteiger partial charge in [-0.25, -0.2) is 4.98 Å². The third kappa shape index (κ3) is 6.36. The van der Waals surface area contributed by atoms with Crippen LogP contribution in [-0.4, -0.2) is 66.7 Å². The van der Waals surface area contributed by atoms with Crippen molar-refractivity contribution in [2.75, 3.05) is 51.8 Å². The first-order valence-electron chi connectivity index (χ1n) is 12.9. The monoisotopic (exact) mass is 543 g/mol. The number of rotatable bonds is 7. The van der Waals surface area contributed by atoms with Crippen molar-refractivity contribution in [2.45, 2.75) is 32.2 Å². The number of anilines is 1. The minimum atomic E-state index is -4.35. The fraction of sp³-hybridized carbons (Fsp3) is 0.429. The third-order valence-corrected chi connectivity index (χ3v) is 7.30. The summed E-state index contributed by atoms with van der Waals surface area (Å²) < 4.78 is 50.0. The molecule has 3 aromatic rings. The minimum Gasteiger partial charge on any atom is -0.493 e. The van der Waals surface area contributed by atoms with Gasteiger partial charge in [-0.15, -0.1) is 0 Å². The highest BCUT2D eigenvalue weighted by molar-refractivity contribution is 5.48. The summed E-state index contributed by atoms with van der Waals surface area (Å²) in [6.45, 7) is 5.06. The predicted octanol–water partition coefficient (Wildman–Crippen LogP) is 3.69. The van der Waals surface area contributed by atoms with Crippen LogP contribution in [0.2, 0.25) is 0 Å². The van der Waals surface area contributed by atoms with E-state index in [-0.39, 0.29) is 5.56 Å². The van der Waals surface area contributed by atoms with Crippen LogP contribution < -0.4 is 19.9 Å². The molecule has 2 aliphatic rings. The van der Waals surface area contributed by atoms with Gasteiger partial charge in [0.15, 0.2) is 11.5 Å². The maximum Gasteiger partial charge on any atom is 0.416 e. The number of alkyl halides is 3. The number of benzene rings is 2. The molecule has 0 radical (unpaired) electrons. The number of nitrogens with one attached hydrogen (secondary N) is 1. The number of H-pyrrole nitrogens is 1. The van der Waals surface area contributed by atoms with Gasteiger partial charge >= 0.3 is 6.18 Å². The molecule has 11 heteroatoms. The number of fused-ring (bicyclic) bond motifs is 1. The number of ether oxygens (including phenoxy) is 2. The summed E-state index contributed by atoms with van der Waals surface area (Å²) in [7, 11) is 3.25. The first-order chi connectivity index (χ1) is 18.7. The van der Waals surface area contributed by atoms with Crippen LogP contribution in [0.4, 0.5) is 19.1 Å². The molecule has 0 aliphatic carbocycles. The van der Waals surface area contributed by atoms with Crippen LogP contribution in [0.1, 0.15) is 27.9 Å². The van der Waals surface area contributed by atoms with E-state index < -0.39 is 11.7 Å². The topological polar surface area (TPSA) is 73.9 Å². The normalized spacial score (nSPS) is 16.7. The van der Waals surface area contributed by atoms with E-state index in [2.05, 4.69) is 14.8 Å². The number of hydrogen-bond acceptors (Lipinski definition) is 7. The second-order valence-electron chi connectivity index (χ2n) is 9.96. The Morgan fingerprint density at radius 3 is 2.31 bits per heavy atom. The summed E-state index contributed by atoms with van der Waals surface area (Å²) in [5.74, 6) is 1.95. The third-order valence-electron chi connectivity index (χ3n) is 7.30. The molecule has 8 nitrogen and oxygen atoms in total. The fourth-order valence-corrected chi connectivity index (χ4v) is 5.25. The van der Waals surface area contributed by atoms with E-state index >= 15 is 0 Å². The Bertz CT molecular complexity index is 1370. The molecule has 1 fully saturated rings. The molecule has 0 bridgehead atoms. The Labute approximate surface area is 225 Å². The molecular weight excluding hydrogens is 511 g/mol. The molecule has 208 valence electrons. The van der Waals surface area contributed by atoms with E-state index in [0.717, 1.165) is 24.8 Å². The van der Waals surface area contributed by atoms with Crippen molar-refractivity contribution >= 4 is 5.95 Å². The van der Waals surface area contributed by atoms with Gasteiger partial charge in [0, 0.05) is 58.4 Å². The van der Waals surface area contributed by atoms with Gasteiger partial charge in [0.05, 0.1) is 25.5 Å². The SMILES string of the molecule is COc1cc2c(cc1OC)CN(Cc1cc(=O)[nH]c(N3CCN(Cc4cccc(C(F)(F)F)c4)CC3)n1)CC2. The molecule has 3 heterocycles. The molecule has 1 aromatic heterocycles. The molecular formula is C28H32F3N5O3. The zero-order valence-electron chi connectivity index (χ0n) is 22.1. The Morgan fingerprint density at radius 2 is 1.62 bits per heavy atom. The summed E-state index contributed by atoms with van der Waals surface area (Å²) in [4.78, 5) is 26.5. The molecule has 1 N–H and O–H groups in total. The Kier molecular flexibility index (Phi) is 7.81. The Morgan fingerprint density at radius 1 is 0.897 bits per heavy atom. The van der Waals surface area contributed by atoms with Gasteiger partial charge in [-0.05, 0) is 41.3 Å². The van der Waals surface area contributed by atoms with Crippen molar-refractivity contribution in [1.29, 1.82) is 0 Å². The molecule has 5 rings (SSSR count). The van der Waals surface area contributed by atoms with Gasteiger partial charge in [-0.1, -0.05) is 18.2 Å². The van der Waals surface area contributed by atoms with Crippen LogP contribution in [-0.2, 0) is 32.2 Å². The molecule has 0 unspecified atom stereocenters. The van der Waals surface area contributed by atoms with Gasteiger partial charge in [-0.3, -0.25) is 19.6 Å². The second kappa shape index (κ2) is 11.3. The number of nitrogens with zero attached hydrogens (tertiary/aromatic N) is 4. The first kappa shape index (κ1) is 27.0. The highest BCUT2D eigenvalue weighted by atomic mass is 19.4. The first-order valence-corrected chi connectivity index (χ1v) is 12.9. The lowest BCUT2D eigenvalue weighted by Crippen LogP contribution is -2.47. The van der Waals surface area contributed by atoms with E-state index in [9.17, 15) is 18.0 Å². The number of halogens is 3. The predicted molar refractivity (Wildman–Crippen MR) is 141 cm³/mol. The molecule has 1 saturated heterocycles. The zero-order valence-corrected chi connectivity index (χ0v) is 22.1. The number of aromatic amines is 1. The smallest absolute Gasteiger partial charge is 0.416 e. The van der Waals surface area contributed by atoms with Crippen molar-refractivity contribution < 1.29 is 22.6 Å². The van der Waals surface area contributed by atoms with Crippen molar-refractivity contribution in [3.05, 3.63) is 80.8 Å². The lowest BCUT2D eigenvalue weighted by molar-refractivity contribution is -0.137. The standard InChI is InChI=1S/C28H32F3N5O3/c1-38-24-13-20-6-7-35(17-21(20)14-25(24)39-2)18-23-15-26(37)33-27(32-23)36-10-8-34(9-11-36)16-19-4-3-5-22(12-19)28(29,30)31/h3-5,12-15H,6-11,16-18H2,1-2H3,(H,32,33,37). The molecule has 2 aromatic carbocycles. The van der Waals surface area contributed by atoms with Crippen LogP contribution in [0.15, 0.2) is 47.3 Å². The fourth-order valence-electron chi connectivity index (χ4n) is 5.25. The number of methoxy groups -OCH3 is 2.